The number of carbonyl (C=O) groups excluding carboxylic acids is 2. The zero-order valence-electron chi connectivity index (χ0n) is 16.2. The Balaban J connectivity index is 1.46. The molecule has 0 saturated carbocycles. The molecule has 0 spiro atoms. The van der Waals surface area contributed by atoms with Gasteiger partial charge >= 0.3 is 6.03 Å². The molecule has 2 aromatic rings. The van der Waals surface area contributed by atoms with Gasteiger partial charge in [0.2, 0.25) is 5.91 Å². The van der Waals surface area contributed by atoms with E-state index in [0.29, 0.717) is 26.1 Å². The van der Waals surface area contributed by atoms with Crippen molar-refractivity contribution in [3.8, 4) is 0 Å². The van der Waals surface area contributed by atoms with Gasteiger partial charge in [0.05, 0.1) is 18.1 Å². The first-order valence-corrected chi connectivity index (χ1v) is 9.68. The van der Waals surface area contributed by atoms with Gasteiger partial charge in [-0.15, -0.1) is 0 Å². The third kappa shape index (κ3) is 5.32. The van der Waals surface area contributed by atoms with E-state index in [2.05, 4.69) is 27.8 Å². The Labute approximate surface area is 165 Å². The lowest BCUT2D eigenvalue weighted by Gasteiger charge is -2.18. The molecule has 1 aliphatic heterocycles. The van der Waals surface area contributed by atoms with E-state index in [4.69, 9.17) is 5.73 Å². The summed E-state index contributed by atoms with van der Waals surface area (Å²) in [6, 6.07) is 9.30. The zero-order chi connectivity index (χ0) is 19.9. The van der Waals surface area contributed by atoms with Crippen LogP contribution in [0.4, 0.5) is 4.79 Å². The number of benzene rings is 1. The molecule has 0 aliphatic carbocycles. The maximum Gasteiger partial charge on any atom is 0.317 e. The molecule has 8 nitrogen and oxygen atoms in total. The molecule has 8 heteroatoms. The lowest BCUT2D eigenvalue weighted by atomic mass is 10.1. The summed E-state index contributed by atoms with van der Waals surface area (Å²) in [4.78, 5) is 30.3. The average Bonchev–Trinajstić information content (AvgIpc) is 3.32. The lowest BCUT2D eigenvalue weighted by molar-refractivity contribution is -0.123. The van der Waals surface area contributed by atoms with Crippen LogP contribution in [0.5, 0.6) is 0 Å². The van der Waals surface area contributed by atoms with E-state index in [1.807, 2.05) is 35.9 Å². The van der Waals surface area contributed by atoms with Gasteiger partial charge in [-0.3, -0.25) is 4.79 Å². The number of hydrogen-bond acceptors (Lipinski definition) is 4. The fourth-order valence-corrected chi connectivity index (χ4v) is 3.34. The predicted octanol–water partition coefficient (Wildman–Crippen LogP) is 0.721. The van der Waals surface area contributed by atoms with Crippen LogP contribution < -0.4 is 16.4 Å². The summed E-state index contributed by atoms with van der Waals surface area (Å²) in [6.07, 6.45) is 4.79. The van der Waals surface area contributed by atoms with Crippen LogP contribution in [0.2, 0.25) is 0 Å². The quantitative estimate of drug-likeness (QED) is 0.654. The monoisotopic (exact) mass is 384 g/mol. The van der Waals surface area contributed by atoms with E-state index in [1.165, 1.54) is 5.56 Å². The van der Waals surface area contributed by atoms with Gasteiger partial charge in [-0.05, 0) is 18.9 Å². The summed E-state index contributed by atoms with van der Waals surface area (Å²) in [6.45, 7) is 4.35. The summed E-state index contributed by atoms with van der Waals surface area (Å²) >= 11 is 0. The molecule has 1 aliphatic rings. The van der Waals surface area contributed by atoms with Crippen molar-refractivity contribution in [3.63, 3.8) is 0 Å². The second-order valence-corrected chi connectivity index (χ2v) is 7.11. The van der Waals surface area contributed by atoms with E-state index in [-0.39, 0.29) is 18.0 Å². The molecule has 150 valence electrons. The molecule has 1 unspecified atom stereocenters. The number of nitrogens with two attached hydrogens (primary N) is 1. The number of urea groups is 1. The molecule has 1 saturated heterocycles. The number of nitrogens with one attached hydrogen (secondary N) is 2. The van der Waals surface area contributed by atoms with Gasteiger partial charge in [0.1, 0.15) is 0 Å². The Bertz CT molecular complexity index is 791. The number of likely N-dealkylation sites (tertiary alicyclic amines) is 1. The Kier molecular flexibility index (Phi) is 6.65. The Morgan fingerprint density at radius 1 is 1.32 bits per heavy atom. The Hall–Kier alpha value is -2.87. The van der Waals surface area contributed by atoms with E-state index in [1.54, 1.807) is 11.2 Å². The van der Waals surface area contributed by atoms with Crippen LogP contribution in [0.15, 0.2) is 42.9 Å². The average molecular weight is 384 g/mol. The van der Waals surface area contributed by atoms with Crippen LogP contribution >= 0.6 is 0 Å². The highest BCUT2D eigenvalue weighted by Gasteiger charge is 2.28. The minimum Gasteiger partial charge on any atom is -0.350 e. The molecule has 0 bridgehead atoms. The number of aromatic nitrogens is 2. The Morgan fingerprint density at radius 3 is 2.86 bits per heavy atom. The maximum absolute atomic E-state index is 12.4. The van der Waals surface area contributed by atoms with Crippen molar-refractivity contribution in [2.45, 2.75) is 38.4 Å². The van der Waals surface area contributed by atoms with Crippen LogP contribution in [0, 0.1) is 0 Å². The molecule has 2 heterocycles. The highest BCUT2D eigenvalue weighted by molar-refractivity contribution is 5.82. The van der Waals surface area contributed by atoms with Gasteiger partial charge in [0.15, 0.2) is 0 Å². The van der Waals surface area contributed by atoms with Crippen LogP contribution in [-0.4, -0.2) is 58.1 Å². The van der Waals surface area contributed by atoms with Gasteiger partial charge in [-0.25, -0.2) is 9.78 Å². The lowest BCUT2D eigenvalue weighted by Crippen LogP contribution is -2.48. The highest BCUT2D eigenvalue weighted by Crippen LogP contribution is 2.10. The minimum atomic E-state index is -0.668. The van der Waals surface area contributed by atoms with E-state index in [0.717, 1.165) is 18.7 Å². The molecule has 4 N–H and O–H groups in total. The van der Waals surface area contributed by atoms with Crippen molar-refractivity contribution in [2.75, 3.05) is 19.6 Å². The normalized spacial score (nSPS) is 17.4. The van der Waals surface area contributed by atoms with E-state index >= 15 is 0 Å². The summed E-state index contributed by atoms with van der Waals surface area (Å²) < 4.78 is 1.98. The maximum atomic E-state index is 12.4. The summed E-state index contributed by atoms with van der Waals surface area (Å²) in [5.74, 6) is -0.208. The van der Waals surface area contributed by atoms with Gasteiger partial charge in [0, 0.05) is 44.8 Å². The van der Waals surface area contributed by atoms with Crippen LogP contribution in [0.1, 0.15) is 24.6 Å². The van der Waals surface area contributed by atoms with Crippen molar-refractivity contribution in [1.29, 1.82) is 0 Å². The Morgan fingerprint density at radius 2 is 2.11 bits per heavy atom. The zero-order valence-corrected chi connectivity index (χ0v) is 16.2. The first-order chi connectivity index (χ1) is 13.5. The fourth-order valence-electron chi connectivity index (χ4n) is 3.34. The molecular formula is C20H28N6O2. The molecular weight excluding hydrogens is 356 g/mol. The van der Waals surface area contributed by atoms with Crippen molar-refractivity contribution in [2.24, 2.45) is 5.73 Å². The molecule has 3 amide bonds. The third-order valence-electron chi connectivity index (χ3n) is 4.81. The minimum absolute atomic E-state index is 0.0585. The number of rotatable bonds is 7. The topological polar surface area (TPSA) is 105 Å². The van der Waals surface area contributed by atoms with Crippen molar-refractivity contribution >= 4 is 11.9 Å². The van der Waals surface area contributed by atoms with Gasteiger partial charge < -0.3 is 25.8 Å². The van der Waals surface area contributed by atoms with E-state index in [9.17, 15) is 9.59 Å². The number of amides is 3. The van der Waals surface area contributed by atoms with Gasteiger partial charge in [0.25, 0.3) is 0 Å². The second kappa shape index (κ2) is 9.36. The number of nitrogens with zero attached hydrogens (tertiary/aromatic N) is 3. The third-order valence-corrected chi connectivity index (χ3v) is 4.81. The van der Waals surface area contributed by atoms with Gasteiger partial charge in [-0.1, -0.05) is 30.3 Å². The van der Waals surface area contributed by atoms with Crippen LogP contribution in [0.25, 0.3) is 0 Å². The largest absolute Gasteiger partial charge is 0.350 e. The molecule has 28 heavy (non-hydrogen) atoms. The highest BCUT2D eigenvalue weighted by atomic mass is 16.2. The van der Waals surface area contributed by atoms with Crippen molar-refractivity contribution in [3.05, 3.63) is 54.1 Å². The number of imidazole rings is 1. The molecule has 0 radical (unpaired) electrons. The standard InChI is InChI=1S/C20H28N6O2/c1-2-22-20(28)26-9-8-16(13-26)24-19(27)18(21)10-17-12-25(14-23-17)11-15-6-4-3-5-7-15/h3-7,12,14,16,18H,2,8-11,13,21H2,1H3,(H,22,28)(H,24,27)/t16?,18-/m0/s1. The van der Waals surface area contributed by atoms with E-state index < -0.39 is 6.04 Å². The fraction of sp³-hybridized carbons (Fsp3) is 0.450. The predicted molar refractivity (Wildman–Crippen MR) is 107 cm³/mol. The van der Waals surface area contributed by atoms with Gasteiger partial charge in [-0.2, -0.15) is 0 Å². The molecule has 2 atom stereocenters. The molecule has 1 fully saturated rings. The number of hydrogen-bond donors (Lipinski definition) is 3. The summed E-state index contributed by atoms with van der Waals surface area (Å²) in [5.41, 5.74) is 8.05. The van der Waals surface area contributed by atoms with Crippen LogP contribution in [-0.2, 0) is 17.8 Å². The first-order valence-electron chi connectivity index (χ1n) is 9.68. The van der Waals surface area contributed by atoms with Crippen molar-refractivity contribution in [1.82, 2.24) is 25.1 Å². The first kappa shape index (κ1) is 19.9. The van der Waals surface area contributed by atoms with Crippen LogP contribution in [0.3, 0.4) is 0 Å². The molecule has 1 aromatic carbocycles. The summed E-state index contributed by atoms with van der Waals surface area (Å²) in [7, 11) is 0. The second-order valence-electron chi connectivity index (χ2n) is 7.11. The summed E-state index contributed by atoms with van der Waals surface area (Å²) in [5, 5.41) is 5.73. The SMILES string of the molecule is CCNC(=O)N1CCC(NC(=O)[C@@H](N)Cc2cn(Cc3ccccc3)cn2)C1. The smallest absolute Gasteiger partial charge is 0.317 e. The number of carbonyl (C=O) groups is 2. The molecule has 1 aromatic heterocycles. The molecule has 3 rings (SSSR count). The van der Waals surface area contributed by atoms with Crippen molar-refractivity contribution < 1.29 is 9.59 Å².